The number of hydrogen-bond acceptors (Lipinski definition) is 4. The Balaban J connectivity index is 2.20. The van der Waals surface area contributed by atoms with Crippen LogP contribution in [0.3, 0.4) is 0 Å². The molecular formula is C20H24N2O4. The van der Waals surface area contributed by atoms with Crippen LogP contribution in [0.1, 0.15) is 41.0 Å². The molecule has 0 aromatic heterocycles. The fourth-order valence-corrected chi connectivity index (χ4v) is 2.32. The molecule has 0 saturated heterocycles. The van der Waals surface area contributed by atoms with Crippen LogP contribution in [0, 0.1) is 0 Å². The van der Waals surface area contributed by atoms with E-state index < -0.39 is 0 Å². The number of methoxy groups -OCH3 is 2. The molecule has 6 heteroatoms. The van der Waals surface area contributed by atoms with Crippen molar-refractivity contribution < 1.29 is 19.1 Å². The largest absolute Gasteiger partial charge is 0.497 e. The first-order valence-corrected chi connectivity index (χ1v) is 8.42. The van der Waals surface area contributed by atoms with Crippen molar-refractivity contribution in [1.29, 1.82) is 0 Å². The molecule has 0 aliphatic carbocycles. The second-order valence-corrected chi connectivity index (χ2v) is 5.88. The lowest BCUT2D eigenvalue weighted by molar-refractivity contribution is 0.0939. The summed E-state index contributed by atoms with van der Waals surface area (Å²) in [5.74, 6) is 0.579. The Morgan fingerprint density at radius 3 is 2.31 bits per heavy atom. The van der Waals surface area contributed by atoms with Gasteiger partial charge >= 0.3 is 0 Å². The Morgan fingerprint density at radius 1 is 1.00 bits per heavy atom. The van der Waals surface area contributed by atoms with Gasteiger partial charge in [-0.15, -0.1) is 0 Å². The fourth-order valence-electron chi connectivity index (χ4n) is 2.32. The lowest BCUT2D eigenvalue weighted by Crippen LogP contribution is -2.32. The quantitative estimate of drug-likeness (QED) is 0.796. The van der Waals surface area contributed by atoms with Crippen LogP contribution in [0.15, 0.2) is 42.5 Å². The van der Waals surface area contributed by atoms with Crippen molar-refractivity contribution in [3.8, 4) is 11.5 Å². The van der Waals surface area contributed by atoms with Crippen molar-refractivity contribution in [3.63, 3.8) is 0 Å². The third-order valence-corrected chi connectivity index (χ3v) is 4.03. The molecule has 26 heavy (non-hydrogen) atoms. The average Bonchev–Trinajstić information content (AvgIpc) is 2.67. The van der Waals surface area contributed by atoms with Gasteiger partial charge in [0.05, 0.1) is 19.9 Å². The molecule has 0 bridgehead atoms. The first-order valence-electron chi connectivity index (χ1n) is 8.42. The SMILES string of the molecule is CCC(C)NC(=O)c1cccc(C(=O)Nc2cc(OC)ccc2OC)c1. The average molecular weight is 356 g/mol. The fraction of sp³-hybridized carbons (Fsp3) is 0.300. The molecule has 1 atom stereocenters. The third kappa shape index (κ3) is 4.75. The lowest BCUT2D eigenvalue weighted by atomic mass is 10.1. The van der Waals surface area contributed by atoms with Crippen molar-refractivity contribution >= 4 is 17.5 Å². The van der Waals surface area contributed by atoms with E-state index >= 15 is 0 Å². The van der Waals surface area contributed by atoms with E-state index in [0.717, 1.165) is 6.42 Å². The van der Waals surface area contributed by atoms with Crippen molar-refractivity contribution in [2.45, 2.75) is 26.3 Å². The number of carbonyl (C=O) groups is 2. The number of ether oxygens (including phenoxy) is 2. The number of carbonyl (C=O) groups excluding carboxylic acids is 2. The Hall–Kier alpha value is -3.02. The molecule has 0 saturated carbocycles. The van der Waals surface area contributed by atoms with Crippen LogP contribution in [0.4, 0.5) is 5.69 Å². The molecular weight excluding hydrogens is 332 g/mol. The summed E-state index contributed by atoms with van der Waals surface area (Å²) >= 11 is 0. The third-order valence-electron chi connectivity index (χ3n) is 4.03. The summed E-state index contributed by atoms with van der Waals surface area (Å²) in [5.41, 5.74) is 1.31. The lowest BCUT2D eigenvalue weighted by Gasteiger charge is -2.13. The van der Waals surface area contributed by atoms with Crippen molar-refractivity contribution in [1.82, 2.24) is 5.32 Å². The normalized spacial score (nSPS) is 11.4. The van der Waals surface area contributed by atoms with Crippen LogP contribution >= 0.6 is 0 Å². The van der Waals surface area contributed by atoms with Crippen LogP contribution in [-0.2, 0) is 0 Å². The number of benzene rings is 2. The first kappa shape index (κ1) is 19.3. The number of anilines is 1. The summed E-state index contributed by atoms with van der Waals surface area (Å²) in [6.45, 7) is 3.93. The second kappa shape index (κ2) is 8.89. The Kier molecular flexibility index (Phi) is 6.60. The minimum atomic E-state index is -0.338. The number of amides is 2. The van der Waals surface area contributed by atoms with Gasteiger partial charge in [-0.25, -0.2) is 0 Å². The number of hydrogen-bond donors (Lipinski definition) is 2. The predicted octanol–water partition coefficient (Wildman–Crippen LogP) is 3.48. The highest BCUT2D eigenvalue weighted by molar-refractivity contribution is 6.06. The van der Waals surface area contributed by atoms with Crippen molar-refractivity contribution in [3.05, 3.63) is 53.6 Å². The molecule has 0 fully saturated rings. The van der Waals surface area contributed by atoms with Gasteiger partial charge in [-0.1, -0.05) is 13.0 Å². The molecule has 0 aliphatic rings. The monoisotopic (exact) mass is 356 g/mol. The standard InChI is InChI=1S/C20H24N2O4/c1-5-13(2)21-19(23)14-7-6-8-15(11-14)20(24)22-17-12-16(25-3)9-10-18(17)26-4/h6-13H,5H2,1-4H3,(H,21,23)(H,22,24). The molecule has 2 aromatic carbocycles. The van der Waals surface area contributed by atoms with E-state index in [-0.39, 0.29) is 17.9 Å². The van der Waals surface area contributed by atoms with Crippen molar-refractivity contribution in [2.75, 3.05) is 19.5 Å². The second-order valence-electron chi connectivity index (χ2n) is 5.88. The van der Waals surface area contributed by atoms with E-state index in [2.05, 4.69) is 10.6 Å². The maximum atomic E-state index is 12.6. The molecule has 0 aliphatic heterocycles. The van der Waals surface area contributed by atoms with Crippen LogP contribution in [0.25, 0.3) is 0 Å². The van der Waals surface area contributed by atoms with E-state index in [1.165, 1.54) is 7.11 Å². The van der Waals surface area contributed by atoms with E-state index in [1.54, 1.807) is 49.6 Å². The predicted molar refractivity (Wildman–Crippen MR) is 101 cm³/mol. The maximum Gasteiger partial charge on any atom is 0.255 e. The zero-order valence-electron chi connectivity index (χ0n) is 15.5. The molecule has 2 N–H and O–H groups in total. The van der Waals surface area contributed by atoms with Gasteiger partial charge in [0.25, 0.3) is 11.8 Å². The van der Waals surface area contributed by atoms with Gasteiger partial charge in [-0.05, 0) is 43.7 Å². The summed E-state index contributed by atoms with van der Waals surface area (Å²) in [4.78, 5) is 24.8. The molecule has 138 valence electrons. The van der Waals surface area contributed by atoms with Gasteiger partial charge in [0.2, 0.25) is 0 Å². The summed E-state index contributed by atoms with van der Waals surface area (Å²) < 4.78 is 10.4. The maximum absolute atomic E-state index is 12.6. The molecule has 0 heterocycles. The Labute approximate surface area is 153 Å². The first-order chi connectivity index (χ1) is 12.5. The van der Waals surface area contributed by atoms with Gasteiger partial charge in [-0.2, -0.15) is 0 Å². The highest BCUT2D eigenvalue weighted by atomic mass is 16.5. The smallest absolute Gasteiger partial charge is 0.255 e. The molecule has 0 spiro atoms. The van der Waals surface area contributed by atoms with Crippen LogP contribution in [-0.4, -0.2) is 32.1 Å². The van der Waals surface area contributed by atoms with Gasteiger partial charge in [0.15, 0.2) is 0 Å². The summed E-state index contributed by atoms with van der Waals surface area (Å²) in [5, 5.41) is 5.68. The van der Waals surface area contributed by atoms with Gasteiger partial charge < -0.3 is 20.1 Å². The highest BCUT2D eigenvalue weighted by Crippen LogP contribution is 2.29. The van der Waals surface area contributed by atoms with E-state index in [4.69, 9.17) is 9.47 Å². The highest BCUT2D eigenvalue weighted by Gasteiger charge is 2.14. The molecule has 2 aromatic rings. The van der Waals surface area contributed by atoms with Gasteiger partial charge in [-0.3, -0.25) is 9.59 Å². The Morgan fingerprint density at radius 2 is 1.69 bits per heavy atom. The number of nitrogens with one attached hydrogen (secondary N) is 2. The van der Waals surface area contributed by atoms with Crippen molar-refractivity contribution in [2.24, 2.45) is 0 Å². The zero-order valence-corrected chi connectivity index (χ0v) is 15.5. The van der Waals surface area contributed by atoms with E-state index in [0.29, 0.717) is 28.3 Å². The van der Waals surface area contributed by atoms with Crippen LogP contribution in [0.2, 0.25) is 0 Å². The molecule has 0 radical (unpaired) electrons. The Bertz CT molecular complexity index is 789. The zero-order chi connectivity index (χ0) is 19.1. The minimum Gasteiger partial charge on any atom is -0.497 e. The van der Waals surface area contributed by atoms with Crippen LogP contribution in [0.5, 0.6) is 11.5 Å². The van der Waals surface area contributed by atoms with Gasteiger partial charge in [0.1, 0.15) is 11.5 Å². The molecule has 6 nitrogen and oxygen atoms in total. The molecule has 1 unspecified atom stereocenters. The molecule has 2 amide bonds. The summed E-state index contributed by atoms with van der Waals surface area (Å²) in [7, 11) is 3.07. The topological polar surface area (TPSA) is 76.7 Å². The van der Waals surface area contributed by atoms with E-state index in [1.807, 2.05) is 13.8 Å². The summed E-state index contributed by atoms with van der Waals surface area (Å²) in [6, 6.07) is 11.8. The van der Waals surface area contributed by atoms with E-state index in [9.17, 15) is 9.59 Å². The minimum absolute atomic E-state index is 0.0704. The number of rotatable bonds is 7. The summed E-state index contributed by atoms with van der Waals surface area (Å²) in [6.07, 6.45) is 0.835. The van der Waals surface area contributed by atoms with Gasteiger partial charge in [0, 0.05) is 23.2 Å². The molecule has 2 rings (SSSR count). The van der Waals surface area contributed by atoms with Crippen LogP contribution < -0.4 is 20.1 Å².